The van der Waals surface area contributed by atoms with E-state index in [1.165, 1.54) is 32.1 Å². The monoisotopic (exact) mass is 227 g/mol. The smallest absolute Gasteiger partial charge is 0.0751 e. The van der Waals surface area contributed by atoms with Gasteiger partial charge in [0.2, 0.25) is 0 Å². The molecule has 1 rings (SSSR count). The topological polar surface area (TPSA) is 35.2 Å². The van der Waals surface area contributed by atoms with Crippen LogP contribution in [0.25, 0.3) is 0 Å². The SMILES string of the molecule is CCCCCCOC1C(C)CC(C)CC1N. The molecule has 1 aliphatic rings. The molecule has 0 spiro atoms. The highest BCUT2D eigenvalue weighted by Crippen LogP contribution is 2.30. The van der Waals surface area contributed by atoms with Crippen LogP contribution in [0.15, 0.2) is 0 Å². The van der Waals surface area contributed by atoms with Gasteiger partial charge in [0.15, 0.2) is 0 Å². The summed E-state index contributed by atoms with van der Waals surface area (Å²) >= 11 is 0. The first-order valence-electron chi connectivity index (χ1n) is 7.02. The van der Waals surface area contributed by atoms with Crippen LogP contribution in [0.1, 0.15) is 59.3 Å². The van der Waals surface area contributed by atoms with E-state index < -0.39 is 0 Å². The Kier molecular flexibility index (Phi) is 6.37. The van der Waals surface area contributed by atoms with Gasteiger partial charge >= 0.3 is 0 Å². The van der Waals surface area contributed by atoms with Crippen LogP contribution in [0.3, 0.4) is 0 Å². The predicted octanol–water partition coefficient (Wildman–Crippen LogP) is 3.35. The van der Waals surface area contributed by atoms with Gasteiger partial charge in [0.1, 0.15) is 0 Å². The Balaban J connectivity index is 2.19. The van der Waals surface area contributed by atoms with Crippen molar-refractivity contribution in [2.45, 2.75) is 71.4 Å². The summed E-state index contributed by atoms with van der Waals surface area (Å²) in [5.41, 5.74) is 6.18. The molecule has 96 valence electrons. The first kappa shape index (κ1) is 14.0. The van der Waals surface area contributed by atoms with E-state index in [0.717, 1.165) is 18.9 Å². The van der Waals surface area contributed by atoms with Crippen molar-refractivity contribution in [2.75, 3.05) is 6.61 Å². The Morgan fingerprint density at radius 1 is 1.12 bits per heavy atom. The first-order chi connectivity index (χ1) is 7.65. The van der Waals surface area contributed by atoms with E-state index in [9.17, 15) is 0 Å². The van der Waals surface area contributed by atoms with Crippen LogP contribution in [0, 0.1) is 11.8 Å². The molecular weight excluding hydrogens is 198 g/mol. The van der Waals surface area contributed by atoms with E-state index in [0.29, 0.717) is 12.0 Å². The van der Waals surface area contributed by atoms with Crippen LogP contribution in [-0.4, -0.2) is 18.8 Å². The minimum absolute atomic E-state index is 0.255. The Bertz CT molecular complexity index is 172. The van der Waals surface area contributed by atoms with Crippen LogP contribution in [0.5, 0.6) is 0 Å². The van der Waals surface area contributed by atoms with Crippen molar-refractivity contribution in [3.63, 3.8) is 0 Å². The fourth-order valence-corrected chi connectivity index (χ4v) is 2.92. The van der Waals surface area contributed by atoms with E-state index in [4.69, 9.17) is 10.5 Å². The zero-order chi connectivity index (χ0) is 12.0. The summed E-state index contributed by atoms with van der Waals surface area (Å²) in [5.74, 6) is 1.40. The van der Waals surface area contributed by atoms with Gasteiger partial charge in [-0.1, -0.05) is 40.0 Å². The van der Waals surface area contributed by atoms with Gasteiger partial charge in [-0.25, -0.2) is 0 Å². The summed E-state index contributed by atoms with van der Waals surface area (Å²) in [7, 11) is 0. The maximum absolute atomic E-state index is 6.18. The Hall–Kier alpha value is -0.0800. The summed E-state index contributed by atoms with van der Waals surface area (Å²) < 4.78 is 5.98. The van der Waals surface area contributed by atoms with E-state index in [1.54, 1.807) is 0 Å². The van der Waals surface area contributed by atoms with Crippen LogP contribution in [-0.2, 0) is 4.74 Å². The summed E-state index contributed by atoms with van der Waals surface area (Å²) in [6.07, 6.45) is 7.81. The van der Waals surface area contributed by atoms with Gasteiger partial charge in [-0.2, -0.15) is 0 Å². The minimum Gasteiger partial charge on any atom is -0.376 e. The fraction of sp³-hybridized carbons (Fsp3) is 1.00. The second-order valence-corrected chi connectivity index (χ2v) is 5.61. The van der Waals surface area contributed by atoms with Crippen molar-refractivity contribution in [3.8, 4) is 0 Å². The highest BCUT2D eigenvalue weighted by atomic mass is 16.5. The molecule has 2 heteroatoms. The zero-order valence-corrected chi connectivity index (χ0v) is 11.2. The lowest BCUT2D eigenvalue weighted by molar-refractivity contribution is -0.0295. The summed E-state index contributed by atoms with van der Waals surface area (Å²) in [4.78, 5) is 0. The van der Waals surface area contributed by atoms with E-state index >= 15 is 0 Å². The van der Waals surface area contributed by atoms with Crippen molar-refractivity contribution in [3.05, 3.63) is 0 Å². The Morgan fingerprint density at radius 2 is 1.88 bits per heavy atom. The maximum Gasteiger partial charge on any atom is 0.0751 e. The Morgan fingerprint density at radius 3 is 2.50 bits per heavy atom. The summed E-state index contributed by atoms with van der Waals surface area (Å²) in [5, 5.41) is 0. The van der Waals surface area contributed by atoms with Gasteiger partial charge in [-0.05, 0) is 31.1 Å². The predicted molar refractivity (Wildman–Crippen MR) is 69.4 cm³/mol. The Labute approximate surface area is 101 Å². The van der Waals surface area contributed by atoms with Crippen molar-refractivity contribution < 1.29 is 4.74 Å². The largest absolute Gasteiger partial charge is 0.376 e. The molecular formula is C14H29NO. The number of rotatable bonds is 6. The van der Waals surface area contributed by atoms with E-state index in [-0.39, 0.29) is 6.04 Å². The van der Waals surface area contributed by atoms with Crippen LogP contribution >= 0.6 is 0 Å². The lowest BCUT2D eigenvalue weighted by Crippen LogP contribution is -2.46. The molecule has 0 aromatic rings. The lowest BCUT2D eigenvalue weighted by atomic mass is 9.78. The van der Waals surface area contributed by atoms with Gasteiger partial charge in [0, 0.05) is 12.6 Å². The van der Waals surface area contributed by atoms with Crippen molar-refractivity contribution in [1.29, 1.82) is 0 Å². The molecule has 0 aliphatic heterocycles. The number of unbranched alkanes of at least 4 members (excludes halogenated alkanes) is 3. The van der Waals surface area contributed by atoms with Gasteiger partial charge < -0.3 is 10.5 Å². The highest BCUT2D eigenvalue weighted by molar-refractivity contribution is 4.86. The van der Waals surface area contributed by atoms with Crippen LogP contribution in [0.2, 0.25) is 0 Å². The average molecular weight is 227 g/mol. The van der Waals surface area contributed by atoms with Gasteiger partial charge in [0.05, 0.1) is 6.10 Å². The molecule has 0 saturated heterocycles. The van der Waals surface area contributed by atoms with Gasteiger partial charge in [-0.15, -0.1) is 0 Å². The molecule has 0 aromatic heterocycles. The third kappa shape index (κ3) is 4.42. The zero-order valence-electron chi connectivity index (χ0n) is 11.2. The number of hydrogen-bond acceptors (Lipinski definition) is 2. The third-order valence-electron chi connectivity index (χ3n) is 3.74. The molecule has 0 heterocycles. The molecule has 0 aromatic carbocycles. The third-order valence-corrected chi connectivity index (χ3v) is 3.74. The van der Waals surface area contributed by atoms with Crippen LogP contribution < -0.4 is 5.73 Å². The highest BCUT2D eigenvalue weighted by Gasteiger charge is 2.32. The average Bonchev–Trinajstić information content (AvgIpc) is 2.20. The molecule has 0 bridgehead atoms. The van der Waals surface area contributed by atoms with Gasteiger partial charge in [-0.3, -0.25) is 0 Å². The molecule has 4 atom stereocenters. The van der Waals surface area contributed by atoms with Crippen molar-refractivity contribution in [1.82, 2.24) is 0 Å². The van der Waals surface area contributed by atoms with E-state index in [2.05, 4.69) is 20.8 Å². The fourth-order valence-electron chi connectivity index (χ4n) is 2.92. The van der Waals surface area contributed by atoms with Crippen LogP contribution in [0.4, 0.5) is 0 Å². The molecule has 1 fully saturated rings. The van der Waals surface area contributed by atoms with Gasteiger partial charge in [0.25, 0.3) is 0 Å². The summed E-state index contributed by atoms with van der Waals surface area (Å²) in [6.45, 7) is 7.72. The molecule has 2 nitrogen and oxygen atoms in total. The summed E-state index contributed by atoms with van der Waals surface area (Å²) in [6, 6.07) is 0.255. The quantitative estimate of drug-likeness (QED) is 0.706. The molecule has 2 N–H and O–H groups in total. The standard InChI is InChI=1S/C14H29NO/c1-4-5-6-7-8-16-14-12(3)9-11(2)10-13(14)15/h11-14H,4-10,15H2,1-3H3. The number of hydrogen-bond donors (Lipinski definition) is 1. The molecule has 4 unspecified atom stereocenters. The maximum atomic E-state index is 6.18. The molecule has 1 saturated carbocycles. The number of nitrogens with two attached hydrogens (primary N) is 1. The molecule has 0 radical (unpaired) electrons. The lowest BCUT2D eigenvalue weighted by Gasteiger charge is -2.37. The second kappa shape index (κ2) is 7.29. The molecule has 1 aliphatic carbocycles. The minimum atomic E-state index is 0.255. The van der Waals surface area contributed by atoms with Crippen molar-refractivity contribution >= 4 is 0 Å². The molecule has 0 amide bonds. The van der Waals surface area contributed by atoms with Crippen molar-refractivity contribution in [2.24, 2.45) is 17.6 Å². The van der Waals surface area contributed by atoms with E-state index in [1.807, 2.05) is 0 Å². The molecule has 16 heavy (non-hydrogen) atoms. The first-order valence-corrected chi connectivity index (χ1v) is 7.02. The second-order valence-electron chi connectivity index (χ2n) is 5.61. The normalized spacial score (nSPS) is 35.2. The number of ether oxygens (including phenoxy) is 1.